The summed E-state index contributed by atoms with van der Waals surface area (Å²) in [4.78, 5) is 39.7. The average molecular weight is 985 g/mol. The molecule has 1 N–H and O–H groups in total. The molecule has 0 aliphatic heterocycles. The smallest absolute Gasteiger partial charge is 0.306 e. The number of unbranched alkanes of at least 4 members (excludes halogenated alkanes) is 21. The van der Waals surface area contributed by atoms with Gasteiger partial charge in [-0.2, -0.15) is 0 Å². The van der Waals surface area contributed by atoms with Crippen LogP contribution in [0.4, 0.5) is 0 Å². The van der Waals surface area contributed by atoms with Crippen molar-refractivity contribution in [3.05, 3.63) is 85.1 Å². The third-order valence-corrected chi connectivity index (χ3v) is 12.8. The van der Waals surface area contributed by atoms with Crippen molar-refractivity contribution in [2.24, 2.45) is 0 Å². The highest BCUT2D eigenvalue weighted by Gasteiger charge is 2.27. The third kappa shape index (κ3) is 49.9. The van der Waals surface area contributed by atoms with Crippen LogP contribution < -0.4 is 10.2 Å². The maximum atomic E-state index is 13.4. The Bertz CT molecular complexity index is 1460. The van der Waals surface area contributed by atoms with Gasteiger partial charge in [0.1, 0.15) is 19.3 Å². The molecule has 1 amide bonds. The number of ether oxygens (including phenoxy) is 1. The molecule has 69 heavy (non-hydrogen) atoms. The zero-order valence-electron chi connectivity index (χ0n) is 45.2. The van der Waals surface area contributed by atoms with Gasteiger partial charge < -0.3 is 28.5 Å². The first-order valence-corrected chi connectivity index (χ1v) is 29.4. The van der Waals surface area contributed by atoms with Crippen LogP contribution in [0.1, 0.15) is 226 Å². The van der Waals surface area contributed by atoms with Crippen LogP contribution in [0.15, 0.2) is 85.1 Å². The summed E-state index contributed by atoms with van der Waals surface area (Å²) in [6.45, 7) is 6.71. The minimum Gasteiger partial charge on any atom is -0.756 e. The Hall–Kier alpha value is -2.81. The molecule has 0 fully saturated rings. The fraction of sp³-hybridized carbons (Fsp3) is 0.729. The van der Waals surface area contributed by atoms with E-state index >= 15 is 0 Å². The first-order valence-electron chi connectivity index (χ1n) is 27.9. The van der Waals surface area contributed by atoms with Crippen molar-refractivity contribution in [2.75, 3.05) is 40.9 Å². The average Bonchev–Trinajstić information content (AvgIpc) is 3.31. The molecule has 10 heteroatoms. The maximum absolute atomic E-state index is 13.4. The van der Waals surface area contributed by atoms with Gasteiger partial charge in [-0.05, 0) is 89.5 Å². The lowest BCUT2D eigenvalue weighted by molar-refractivity contribution is -0.870. The molecule has 0 saturated heterocycles. The summed E-state index contributed by atoms with van der Waals surface area (Å²) in [7, 11) is 1.12. The Morgan fingerprint density at radius 3 is 1.38 bits per heavy atom. The quantitative estimate of drug-likeness (QED) is 0.0212. The van der Waals surface area contributed by atoms with Crippen LogP contribution in [0.3, 0.4) is 0 Å². The van der Waals surface area contributed by atoms with Crippen molar-refractivity contribution < 1.29 is 37.3 Å². The summed E-state index contributed by atoms with van der Waals surface area (Å²) in [6, 6.07) is -0.942. The van der Waals surface area contributed by atoms with E-state index < -0.39 is 32.5 Å². The number of quaternary nitrogens is 1. The van der Waals surface area contributed by atoms with E-state index in [2.05, 4.69) is 92.9 Å². The van der Waals surface area contributed by atoms with Crippen LogP contribution in [0.25, 0.3) is 0 Å². The molecule has 398 valence electrons. The molecule has 3 atom stereocenters. The molecule has 0 saturated carbocycles. The predicted octanol–water partition coefficient (Wildman–Crippen LogP) is 16.0. The molecular weight excluding hydrogens is 880 g/mol. The fourth-order valence-electron chi connectivity index (χ4n) is 7.45. The number of phosphoric acid groups is 1. The second kappa shape index (κ2) is 48.8. The minimum absolute atomic E-state index is 0.0432. The molecule has 0 aliphatic rings. The number of nitrogens with one attached hydrogen (secondary N) is 1. The number of carbonyl (C=O) groups is 2. The summed E-state index contributed by atoms with van der Waals surface area (Å²) in [5, 5.41) is 2.97. The topological polar surface area (TPSA) is 114 Å². The first kappa shape index (κ1) is 66.2. The van der Waals surface area contributed by atoms with Crippen molar-refractivity contribution in [3.63, 3.8) is 0 Å². The largest absolute Gasteiger partial charge is 0.756 e. The number of hydrogen-bond acceptors (Lipinski definition) is 7. The summed E-state index contributed by atoms with van der Waals surface area (Å²) in [6.07, 6.45) is 62.8. The van der Waals surface area contributed by atoms with Gasteiger partial charge in [-0.15, -0.1) is 0 Å². The number of carbonyl (C=O) groups excluding carboxylic acids is 2. The van der Waals surface area contributed by atoms with E-state index in [9.17, 15) is 19.0 Å². The van der Waals surface area contributed by atoms with Gasteiger partial charge in [-0.25, -0.2) is 0 Å². The molecule has 0 bridgehead atoms. The number of amides is 1. The van der Waals surface area contributed by atoms with E-state index in [1.165, 1.54) is 122 Å². The normalized spacial score (nSPS) is 14.5. The molecule has 0 heterocycles. The van der Waals surface area contributed by atoms with E-state index in [-0.39, 0.29) is 25.4 Å². The number of allylic oxidation sites excluding steroid dienone is 13. The molecule has 3 unspecified atom stereocenters. The minimum atomic E-state index is -4.72. The van der Waals surface area contributed by atoms with E-state index in [1.807, 2.05) is 33.3 Å². The van der Waals surface area contributed by atoms with Crippen molar-refractivity contribution in [2.45, 2.75) is 238 Å². The number of nitrogens with zero attached hydrogens (tertiary/aromatic N) is 1. The van der Waals surface area contributed by atoms with Crippen LogP contribution in [-0.2, 0) is 27.9 Å². The van der Waals surface area contributed by atoms with E-state index in [0.717, 1.165) is 57.8 Å². The number of hydrogen-bond donors (Lipinski definition) is 1. The van der Waals surface area contributed by atoms with Crippen LogP contribution in [0.5, 0.6) is 0 Å². The van der Waals surface area contributed by atoms with Gasteiger partial charge in [0.15, 0.2) is 0 Å². The lowest BCUT2D eigenvalue weighted by atomic mass is 10.0. The molecule has 0 rings (SSSR count). The Morgan fingerprint density at radius 2 is 0.899 bits per heavy atom. The van der Waals surface area contributed by atoms with Crippen molar-refractivity contribution in [3.8, 4) is 0 Å². The molecular formula is C59H105N2O7P. The van der Waals surface area contributed by atoms with E-state index in [1.54, 1.807) is 6.08 Å². The third-order valence-electron chi connectivity index (χ3n) is 11.8. The predicted molar refractivity (Wildman–Crippen MR) is 293 cm³/mol. The standard InChI is InChI=1S/C59H105N2O7P/c1-7-10-13-16-19-22-25-28-29-30-31-34-36-39-42-45-48-51-58(62)60-56(55-67-69(64,65)66-54-53-61(4,5)6)57(50-47-44-41-38-35-32-26-23-20-17-14-11-8-2)68-59(63)52-49-46-43-40-37-33-27-24-21-18-15-12-9-3/h19,22,28-29,31,33-34,37,39,42-43,46-47,50,56-57H,7-18,20-21,23-27,30,32,35-36,38,40-41,44-45,48-49,51-55H2,1-6H3,(H-,60,62,64,65)/b22-19-,29-28-,34-31-,37-33-,42-39-,46-43+,50-47-. The van der Waals surface area contributed by atoms with Gasteiger partial charge in [0.05, 0.1) is 33.8 Å². The van der Waals surface area contributed by atoms with Crippen molar-refractivity contribution in [1.29, 1.82) is 0 Å². The van der Waals surface area contributed by atoms with E-state index in [4.69, 9.17) is 13.8 Å². The summed E-state index contributed by atoms with van der Waals surface area (Å²) < 4.78 is 30.1. The highest BCUT2D eigenvalue weighted by Crippen LogP contribution is 2.38. The van der Waals surface area contributed by atoms with Crippen LogP contribution in [0.2, 0.25) is 0 Å². The fourth-order valence-corrected chi connectivity index (χ4v) is 8.17. The second-order valence-electron chi connectivity index (χ2n) is 19.7. The zero-order valence-corrected chi connectivity index (χ0v) is 46.1. The van der Waals surface area contributed by atoms with Gasteiger partial charge in [-0.3, -0.25) is 14.2 Å². The summed E-state index contributed by atoms with van der Waals surface area (Å²) >= 11 is 0. The number of esters is 1. The highest BCUT2D eigenvalue weighted by molar-refractivity contribution is 7.45. The SMILES string of the molecule is CCCCC/C=C\C/C=C\C/C=C\C/C=C\CCCC(=O)NC(COP(=O)([O-])OCC[N+](C)(C)C)C(/C=C\CCCCCCCCCCCCC)OC(=O)CC/C=C/C/C=C\CCCCCCCC. The Morgan fingerprint density at radius 1 is 0.507 bits per heavy atom. The number of phosphoric ester groups is 1. The van der Waals surface area contributed by atoms with Crippen molar-refractivity contribution >= 4 is 19.7 Å². The molecule has 0 aromatic carbocycles. The van der Waals surface area contributed by atoms with Gasteiger partial charge in [0, 0.05) is 12.8 Å². The molecule has 0 aromatic heterocycles. The van der Waals surface area contributed by atoms with E-state index in [0.29, 0.717) is 23.9 Å². The summed E-state index contributed by atoms with van der Waals surface area (Å²) in [5.41, 5.74) is 0. The Labute approximate surface area is 425 Å². The lowest BCUT2D eigenvalue weighted by Crippen LogP contribution is -2.47. The molecule has 0 radical (unpaired) electrons. The molecule has 0 aromatic rings. The molecule has 0 aliphatic carbocycles. The summed E-state index contributed by atoms with van der Waals surface area (Å²) in [5.74, 6) is -0.689. The van der Waals surface area contributed by atoms with Gasteiger partial charge >= 0.3 is 5.97 Å². The number of likely N-dealkylation sites (N-methyl/N-ethyl adjacent to an activating group) is 1. The number of rotatable bonds is 49. The van der Waals surface area contributed by atoms with Gasteiger partial charge in [0.2, 0.25) is 5.91 Å². The van der Waals surface area contributed by atoms with Gasteiger partial charge in [0.25, 0.3) is 7.82 Å². The molecule has 9 nitrogen and oxygen atoms in total. The highest BCUT2D eigenvalue weighted by atomic mass is 31.2. The zero-order chi connectivity index (χ0) is 50.8. The van der Waals surface area contributed by atoms with Crippen LogP contribution >= 0.6 is 7.82 Å². The van der Waals surface area contributed by atoms with Gasteiger partial charge in [-0.1, -0.05) is 209 Å². The Balaban J connectivity index is 5.57. The monoisotopic (exact) mass is 985 g/mol. The second-order valence-corrected chi connectivity index (χ2v) is 21.1. The Kier molecular flexibility index (Phi) is 46.8. The van der Waals surface area contributed by atoms with Crippen LogP contribution in [-0.4, -0.2) is 69.4 Å². The molecule has 0 spiro atoms. The van der Waals surface area contributed by atoms with Crippen molar-refractivity contribution in [1.82, 2.24) is 5.32 Å². The maximum Gasteiger partial charge on any atom is 0.306 e. The first-order chi connectivity index (χ1) is 33.4. The lowest BCUT2D eigenvalue weighted by Gasteiger charge is -2.30. The van der Waals surface area contributed by atoms with Crippen LogP contribution in [0, 0.1) is 0 Å².